The summed E-state index contributed by atoms with van der Waals surface area (Å²) in [6.07, 6.45) is 1.49. The normalized spacial score (nSPS) is 9.13. The van der Waals surface area contributed by atoms with Gasteiger partial charge in [0.2, 0.25) is 0 Å². The summed E-state index contributed by atoms with van der Waals surface area (Å²) in [5, 5.41) is 8.75. The SMILES string of the molecule is CCOC(=O)c1cc(Cl)ccc1OC#N. The molecule has 4 nitrogen and oxygen atoms in total. The van der Waals surface area contributed by atoms with Gasteiger partial charge in [0, 0.05) is 5.02 Å². The third-order valence-corrected chi connectivity index (χ3v) is 1.83. The Kier molecular flexibility index (Phi) is 3.95. The van der Waals surface area contributed by atoms with Gasteiger partial charge >= 0.3 is 5.97 Å². The standard InChI is InChI=1S/C10H8ClNO3/c1-2-14-10(13)8-5-7(11)3-4-9(8)15-6-12/h3-5H,2H2,1H3. The Morgan fingerprint density at radius 1 is 1.60 bits per heavy atom. The van der Waals surface area contributed by atoms with Gasteiger partial charge in [-0.1, -0.05) is 11.6 Å². The molecule has 5 heteroatoms. The van der Waals surface area contributed by atoms with Gasteiger partial charge in [-0.3, -0.25) is 0 Å². The van der Waals surface area contributed by atoms with Gasteiger partial charge in [-0.15, -0.1) is 5.26 Å². The van der Waals surface area contributed by atoms with Crippen molar-refractivity contribution in [3.05, 3.63) is 28.8 Å². The van der Waals surface area contributed by atoms with Gasteiger partial charge in [0.15, 0.2) is 5.75 Å². The predicted octanol–water partition coefficient (Wildman–Crippen LogP) is 2.38. The van der Waals surface area contributed by atoms with Gasteiger partial charge in [0.05, 0.1) is 6.61 Å². The van der Waals surface area contributed by atoms with Crippen molar-refractivity contribution in [2.75, 3.05) is 6.61 Å². The van der Waals surface area contributed by atoms with Crippen molar-refractivity contribution >= 4 is 17.6 Å². The highest BCUT2D eigenvalue weighted by atomic mass is 35.5. The van der Waals surface area contributed by atoms with E-state index in [1.165, 1.54) is 24.5 Å². The van der Waals surface area contributed by atoms with E-state index in [4.69, 9.17) is 21.6 Å². The fourth-order valence-electron chi connectivity index (χ4n) is 1.01. The highest BCUT2D eigenvalue weighted by Crippen LogP contribution is 2.23. The molecule has 0 heterocycles. The van der Waals surface area contributed by atoms with E-state index < -0.39 is 5.97 Å². The molecule has 0 atom stereocenters. The van der Waals surface area contributed by atoms with E-state index in [0.717, 1.165) is 0 Å². The first-order chi connectivity index (χ1) is 7.19. The number of hydrogen-bond donors (Lipinski definition) is 0. The molecular formula is C10H8ClNO3. The molecule has 0 aliphatic rings. The summed E-state index contributed by atoms with van der Waals surface area (Å²) in [6.45, 7) is 1.94. The van der Waals surface area contributed by atoms with E-state index in [1.807, 2.05) is 0 Å². The maximum Gasteiger partial charge on any atom is 0.342 e. The molecule has 0 saturated heterocycles. The van der Waals surface area contributed by atoms with Crippen LogP contribution in [0.5, 0.6) is 5.75 Å². The van der Waals surface area contributed by atoms with Crippen LogP contribution in [0.3, 0.4) is 0 Å². The molecule has 1 aromatic carbocycles. The Morgan fingerprint density at radius 3 is 2.93 bits per heavy atom. The molecule has 0 aliphatic heterocycles. The van der Waals surface area contributed by atoms with Gasteiger partial charge in [0.25, 0.3) is 6.26 Å². The Hall–Kier alpha value is -1.73. The molecule has 0 aliphatic carbocycles. The van der Waals surface area contributed by atoms with Crippen LogP contribution in [0.2, 0.25) is 5.02 Å². The summed E-state index contributed by atoms with van der Waals surface area (Å²) in [5.41, 5.74) is 0.144. The van der Waals surface area contributed by atoms with Gasteiger partial charge in [-0.2, -0.15) is 0 Å². The van der Waals surface area contributed by atoms with Crippen molar-refractivity contribution < 1.29 is 14.3 Å². The summed E-state index contributed by atoms with van der Waals surface area (Å²) in [4.78, 5) is 11.4. The molecule has 0 amide bonds. The molecule has 0 radical (unpaired) electrons. The summed E-state index contributed by atoms with van der Waals surface area (Å²) >= 11 is 5.71. The molecule has 1 rings (SSSR count). The fourth-order valence-corrected chi connectivity index (χ4v) is 1.18. The maximum atomic E-state index is 11.4. The van der Waals surface area contributed by atoms with Gasteiger partial charge in [0.1, 0.15) is 5.56 Å². The Labute approximate surface area is 92.0 Å². The monoisotopic (exact) mass is 225 g/mol. The topological polar surface area (TPSA) is 59.3 Å². The summed E-state index contributed by atoms with van der Waals surface area (Å²) < 4.78 is 9.39. The number of carbonyl (C=O) groups excluding carboxylic acids is 1. The second kappa shape index (κ2) is 5.23. The zero-order valence-corrected chi connectivity index (χ0v) is 8.75. The number of hydrogen-bond acceptors (Lipinski definition) is 4. The first kappa shape index (κ1) is 11.3. The van der Waals surface area contributed by atoms with E-state index in [-0.39, 0.29) is 17.9 Å². The van der Waals surface area contributed by atoms with Crippen LogP contribution in [0, 0.1) is 11.5 Å². The number of nitrogens with zero attached hydrogens (tertiary/aromatic N) is 1. The molecule has 1 aromatic rings. The van der Waals surface area contributed by atoms with Crippen molar-refractivity contribution in [1.29, 1.82) is 5.26 Å². The van der Waals surface area contributed by atoms with Crippen LogP contribution in [0.1, 0.15) is 17.3 Å². The van der Waals surface area contributed by atoms with Crippen LogP contribution in [0.15, 0.2) is 18.2 Å². The van der Waals surface area contributed by atoms with E-state index in [0.29, 0.717) is 5.02 Å². The number of benzene rings is 1. The molecule has 15 heavy (non-hydrogen) atoms. The van der Waals surface area contributed by atoms with Crippen LogP contribution < -0.4 is 4.74 Å². The quantitative estimate of drug-likeness (QED) is 0.585. The zero-order valence-electron chi connectivity index (χ0n) is 7.99. The molecule has 0 fully saturated rings. The fraction of sp³-hybridized carbons (Fsp3) is 0.200. The number of ether oxygens (including phenoxy) is 2. The molecule has 78 valence electrons. The minimum absolute atomic E-state index is 0.139. The molecule has 0 spiro atoms. The first-order valence-electron chi connectivity index (χ1n) is 4.21. The average Bonchev–Trinajstić information content (AvgIpc) is 2.21. The van der Waals surface area contributed by atoms with Crippen molar-refractivity contribution in [1.82, 2.24) is 0 Å². The second-order valence-corrected chi connectivity index (χ2v) is 2.99. The third kappa shape index (κ3) is 2.86. The second-order valence-electron chi connectivity index (χ2n) is 2.55. The van der Waals surface area contributed by atoms with Gasteiger partial charge < -0.3 is 9.47 Å². The first-order valence-corrected chi connectivity index (χ1v) is 4.59. The summed E-state index contributed by atoms with van der Waals surface area (Å²) in [5.74, 6) is -0.425. The zero-order chi connectivity index (χ0) is 11.3. The number of esters is 1. The lowest BCUT2D eigenvalue weighted by molar-refractivity contribution is 0.0523. The minimum Gasteiger partial charge on any atom is -0.462 e. The Balaban J connectivity index is 3.07. The van der Waals surface area contributed by atoms with Crippen LogP contribution in [-0.2, 0) is 4.74 Å². The van der Waals surface area contributed by atoms with Crippen LogP contribution in [-0.4, -0.2) is 12.6 Å². The largest absolute Gasteiger partial charge is 0.462 e. The highest BCUT2D eigenvalue weighted by molar-refractivity contribution is 6.31. The maximum absolute atomic E-state index is 11.4. The van der Waals surface area contributed by atoms with Gasteiger partial charge in [-0.05, 0) is 25.1 Å². The number of halogens is 1. The highest BCUT2D eigenvalue weighted by Gasteiger charge is 2.14. The molecule has 0 N–H and O–H groups in total. The Bertz CT molecular complexity index is 412. The molecule has 0 unspecified atom stereocenters. The number of rotatable bonds is 3. The number of carbonyl (C=O) groups is 1. The lowest BCUT2D eigenvalue weighted by atomic mass is 10.2. The van der Waals surface area contributed by atoms with Crippen molar-refractivity contribution in [3.8, 4) is 12.0 Å². The smallest absolute Gasteiger partial charge is 0.342 e. The van der Waals surface area contributed by atoms with E-state index in [9.17, 15) is 4.79 Å². The van der Waals surface area contributed by atoms with Crippen LogP contribution in [0.4, 0.5) is 0 Å². The van der Waals surface area contributed by atoms with E-state index >= 15 is 0 Å². The number of nitriles is 1. The molecule has 0 saturated carbocycles. The van der Waals surface area contributed by atoms with Crippen molar-refractivity contribution in [2.45, 2.75) is 6.92 Å². The molecule has 0 bridgehead atoms. The third-order valence-electron chi connectivity index (χ3n) is 1.59. The lowest BCUT2D eigenvalue weighted by Gasteiger charge is -2.05. The molecule has 0 aromatic heterocycles. The average molecular weight is 226 g/mol. The predicted molar refractivity (Wildman–Crippen MR) is 53.6 cm³/mol. The summed E-state index contributed by atoms with van der Waals surface area (Å²) in [6, 6.07) is 4.36. The van der Waals surface area contributed by atoms with Crippen molar-refractivity contribution in [2.24, 2.45) is 0 Å². The van der Waals surface area contributed by atoms with E-state index in [2.05, 4.69) is 4.74 Å². The minimum atomic E-state index is -0.565. The Morgan fingerprint density at radius 2 is 2.33 bits per heavy atom. The summed E-state index contributed by atoms with van der Waals surface area (Å²) in [7, 11) is 0. The van der Waals surface area contributed by atoms with Crippen molar-refractivity contribution in [3.63, 3.8) is 0 Å². The van der Waals surface area contributed by atoms with Crippen LogP contribution >= 0.6 is 11.6 Å². The van der Waals surface area contributed by atoms with Crippen LogP contribution in [0.25, 0.3) is 0 Å². The van der Waals surface area contributed by atoms with E-state index in [1.54, 1.807) is 6.92 Å². The lowest BCUT2D eigenvalue weighted by Crippen LogP contribution is -2.06. The molecular weight excluding hydrogens is 218 g/mol. The van der Waals surface area contributed by atoms with Gasteiger partial charge in [-0.25, -0.2) is 4.79 Å².